The van der Waals surface area contributed by atoms with E-state index in [0.29, 0.717) is 17.2 Å². The molecule has 3 nitrogen and oxygen atoms in total. The van der Waals surface area contributed by atoms with Crippen molar-refractivity contribution in [1.82, 2.24) is 5.43 Å². The van der Waals surface area contributed by atoms with E-state index in [1.54, 1.807) is 0 Å². The summed E-state index contributed by atoms with van der Waals surface area (Å²) in [5.41, 5.74) is 4.43. The van der Waals surface area contributed by atoms with Gasteiger partial charge < -0.3 is 4.74 Å². The van der Waals surface area contributed by atoms with E-state index in [2.05, 4.69) is 47.1 Å². The first-order valence-electron chi connectivity index (χ1n) is 7.25. The van der Waals surface area contributed by atoms with Crippen molar-refractivity contribution in [2.75, 3.05) is 23.9 Å². The Morgan fingerprint density at radius 3 is 3.05 bits per heavy atom. The first kappa shape index (κ1) is 14.6. The number of nitrogens with one attached hydrogen (secondary N) is 1. The highest BCUT2D eigenvalue weighted by Gasteiger charge is 2.29. The van der Waals surface area contributed by atoms with E-state index in [-0.39, 0.29) is 0 Å². The van der Waals surface area contributed by atoms with Gasteiger partial charge >= 0.3 is 0 Å². The zero-order chi connectivity index (χ0) is 13.8. The van der Waals surface area contributed by atoms with Crippen molar-refractivity contribution >= 4 is 23.5 Å². The van der Waals surface area contributed by atoms with Crippen LogP contribution in [0.25, 0.3) is 0 Å². The lowest BCUT2D eigenvalue weighted by Gasteiger charge is -2.33. The number of thioether (sulfide) groups is 2. The highest BCUT2D eigenvalue weighted by atomic mass is 32.2. The molecule has 0 bridgehead atoms. The molecule has 5 heteroatoms. The summed E-state index contributed by atoms with van der Waals surface area (Å²) >= 11 is 4.12. The van der Waals surface area contributed by atoms with Gasteiger partial charge in [-0.25, -0.2) is 0 Å². The highest BCUT2D eigenvalue weighted by molar-refractivity contribution is 8.06. The third-order valence-electron chi connectivity index (χ3n) is 4.13. The summed E-state index contributed by atoms with van der Waals surface area (Å²) in [5, 5.41) is 0.633. The Hall–Kier alpha value is -0.360. The van der Waals surface area contributed by atoms with Crippen LogP contribution in [0.5, 0.6) is 5.75 Å². The molecule has 3 atom stereocenters. The van der Waals surface area contributed by atoms with Crippen molar-refractivity contribution in [2.24, 2.45) is 5.84 Å². The lowest BCUT2D eigenvalue weighted by molar-refractivity contribution is 0.255. The topological polar surface area (TPSA) is 47.3 Å². The van der Waals surface area contributed by atoms with Gasteiger partial charge in [0.25, 0.3) is 0 Å². The fourth-order valence-electron chi connectivity index (χ4n) is 3.03. The molecule has 20 heavy (non-hydrogen) atoms. The molecule has 110 valence electrons. The van der Waals surface area contributed by atoms with E-state index in [1.807, 2.05) is 6.07 Å². The van der Waals surface area contributed by atoms with Crippen molar-refractivity contribution in [1.29, 1.82) is 0 Å². The average molecular weight is 310 g/mol. The minimum absolute atomic E-state index is 0.393. The molecular formula is C15H22N2OS2. The molecule has 3 N–H and O–H groups in total. The van der Waals surface area contributed by atoms with Crippen molar-refractivity contribution < 1.29 is 4.74 Å². The summed E-state index contributed by atoms with van der Waals surface area (Å²) < 4.78 is 5.75. The van der Waals surface area contributed by atoms with Crippen molar-refractivity contribution in [3.05, 3.63) is 29.8 Å². The molecule has 2 aliphatic heterocycles. The Bertz CT molecular complexity index is 438. The predicted molar refractivity (Wildman–Crippen MR) is 88.6 cm³/mol. The lowest BCUT2D eigenvalue weighted by atomic mass is 9.87. The standard InChI is InChI=1S/C15H22N2OS2/c16-17-13(15-10-19-7-8-20-15)9-11-5-6-18-14-4-2-1-3-12(11)14/h1-4,11,13,15,17H,5-10,16H2. The molecule has 0 aromatic heterocycles. The van der Waals surface area contributed by atoms with Gasteiger partial charge in [0.15, 0.2) is 0 Å². The Kier molecular flexibility index (Phi) is 5.15. The van der Waals surface area contributed by atoms with Crippen LogP contribution in [0.3, 0.4) is 0 Å². The maximum absolute atomic E-state index is 5.84. The molecule has 1 aromatic carbocycles. The van der Waals surface area contributed by atoms with Crippen LogP contribution in [0.2, 0.25) is 0 Å². The van der Waals surface area contributed by atoms with Crippen LogP contribution < -0.4 is 16.0 Å². The van der Waals surface area contributed by atoms with Crippen LogP contribution in [0.1, 0.15) is 24.3 Å². The molecule has 2 aliphatic rings. The van der Waals surface area contributed by atoms with Crippen molar-refractivity contribution in [3.8, 4) is 5.75 Å². The molecule has 1 saturated heterocycles. The third-order valence-corrected chi connectivity index (χ3v) is 7.05. The van der Waals surface area contributed by atoms with Crippen LogP contribution in [0.4, 0.5) is 0 Å². The first-order chi connectivity index (χ1) is 9.88. The third kappa shape index (κ3) is 3.27. The van der Waals surface area contributed by atoms with Crippen molar-refractivity contribution in [2.45, 2.75) is 30.1 Å². The van der Waals surface area contributed by atoms with Gasteiger partial charge in [0.1, 0.15) is 5.75 Å². The van der Waals surface area contributed by atoms with Crippen LogP contribution in [-0.2, 0) is 0 Å². The lowest BCUT2D eigenvalue weighted by Crippen LogP contribution is -2.46. The molecule has 0 amide bonds. The number of nitrogens with two attached hydrogens (primary N) is 1. The zero-order valence-corrected chi connectivity index (χ0v) is 13.2. The van der Waals surface area contributed by atoms with E-state index in [0.717, 1.165) is 25.2 Å². The molecule has 2 heterocycles. The van der Waals surface area contributed by atoms with Gasteiger partial charge in [0, 0.05) is 28.6 Å². The van der Waals surface area contributed by atoms with Crippen LogP contribution in [0.15, 0.2) is 24.3 Å². The minimum atomic E-state index is 0.393. The van der Waals surface area contributed by atoms with E-state index < -0.39 is 0 Å². The first-order valence-corrected chi connectivity index (χ1v) is 9.46. The monoisotopic (exact) mass is 310 g/mol. The van der Waals surface area contributed by atoms with E-state index in [1.165, 1.54) is 22.8 Å². The zero-order valence-electron chi connectivity index (χ0n) is 11.6. The van der Waals surface area contributed by atoms with E-state index in [4.69, 9.17) is 10.6 Å². The molecule has 0 aliphatic carbocycles. The molecule has 3 unspecified atom stereocenters. The number of benzene rings is 1. The Morgan fingerprint density at radius 1 is 1.35 bits per heavy atom. The molecule has 3 rings (SSSR count). The number of ether oxygens (including phenoxy) is 1. The predicted octanol–water partition coefficient (Wildman–Crippen LogP) is 2.62. The Balaban J connectivity index is 1.70. The minimum Gasteiger partial charge on any atom is -0.493 e. The number of hydrogen-bond acceptors (Lipinski definition) is 5. The Labute approximate surface area is 129 Å². The van der Waals surface area contributed by atoms with Crippen molar-refractivity contribution in [3.63, 3.8) is 0 Å². The molecule has 1 aromatic rings. The summed E-state index contributed by atoms with van der Waals surface area (Å²) in [7, 11) is 0. The SMILES string of the molecule is NNC(CC1CCOc2ccccc21)C1CSCCS1. The van der Waals surface area contributed by atoms with E-state index in [9.17, 15) is 0 Å². The number of fused-ring (bicyclic) bond motifs is 1. The summed E-state index contributed by atoms with van der Waals surface area (Å²) in [6.45, 7) is 0.825. The second-order valence-corrected chi connectivity index (χ2v) is 7.86. The molecule has 0 saturated carbocycles. The van der Waals surface area contributed by atoms with Gasteiger partial charge in [-0.3, -0.25) is 11.3 Å². The van der Waals surface area contributed by atoms with Crippen LogP contribution in [0, 0.1) is 0 Å². The normalized spacial score (nSPS) is 27.4. The smallest absolute Gasteiger partial charge is 0.122 e. The number of hydrogen-bond donors (Lipinski definition) is 2. The summed E-state index contributed by atoms with van der Waals surface area (Å²) in [6, 6.07) is 8.83. The Morgan fingerprint density at radius 2 is 2.25 bits per heavy atom. The van der Waals surface area contributed by atoms with Crippen LogP contribution in [-0.4, -0.2) is 35.2 Å². The fourth-order valence-corrected chi connectivity index (χ4v) is 5.92. The van der Waals surface area contributed by atoms with Gasteiger partial charge in [-0.05, 0) is 30.4 Å². The van der Waals surface area contributed by atoms with Gasteiger partial charge in [-0.1, -0.05) is 18.2 Å². The maximum atomic E-state index is 5.84. The second kappa shape index (κ2) is 7.07. The number of hydrazine groups is 1. The number of rotatable bonds is 4. The largest absolute Gasteiger partial charge is 0.493 e. The van der Waals surface area contributed by atoms with Gasteiger partial charge in [0.2, 0.25) is 0 Å². The molecule has 1 fully saturated rings. The van der Waals surface area contributed by atoms with Crippen LogP contribution >= 0.6 is 23.5 Å². The van der Waals surface area contributed by atoms with Gasteiger partial charge in [-0.2, -0.15) is 23.5 Å². The number of para-hydroxylation sites is 1. The molecule has 0 spiro atoms. The summed E-state index contributed by atoms with van der Waals surface area (Å²) in [4.78, 5) is 0. The highest BCUT2D eigenvalue weighted by Crippen LogP contribution is 2.38. The van der Waals surface area contributed by atoms with E-state index >= 15 is 0 Å². The average Bonchev–Trinajstić information content (AvgIpc) is 2.53. The molecular weight excluding hydrogens is 288 g/mol. The molecule has 0 radical (unpaired) electrons. The fraction of sp³-hybridized carbons (Fsp3) is 0.600. The van der Waals surface area contributed by atoms with Gasteiger partial charge in [-0.15, -0.1) is 0 Å². The maximum Gasteiger partial charge on any atom is 0.122 e. The summed E-state index contributed by atoms with van der Waals surface area (Å²) in [5.74, 6) is 11.2. The second-order valence-electron chi connectivity index (χ2n) is 5.36. The quantitative estimate of drug-likeness (QED) is 0.661. The summed E-state index contributed by atoms with van der Waals surface area (Å²) in [6.07, 6.45) is 2.20. The van der Waals surface area contributed by atoms with Gasteiger partial charge in [0.05, 0.1) is 6.61 Å².